The van der Waals surface area contributed by atoms with Crippen LogP contribution in [0, 0.1) is 6.92 Å². The minimum Gasteiger partial charge on any atom is -0.499 e. The minimum atomic E-state index is -1.08. The molecule has 0 fully saturated rings. The van der Waals surface area contributed by atoms with Gasteiger partial charge in [-0.25, -0.2) is 4.79 Å². The van der Waals surface area contributed by atoms with Crippen molar-refractivity contribution in [3.05, 3.63) is 34.9 Å². The van der Waals surface area contributed by atoms with Gasteiger partial charge >= 0.3 is 5.97 Å². The summed E-state index contributed by atoms with van der Waals surface area (Å²) in [6, 6.07) is 4.80. The number of aliphatic hydroxyl groups excluding tert-OH is 1. The molecule has 1 aromatic carbocycles. The molecule has 1 rings (SSSR count). The van der Waals surface area contributed by atoms with E-state index in [4.69, 9.17) is 10.2 Å². The molecule has 68 valence electrons. The molecule has 1 aromatic rings. The molecule has 13 heavy (non-hydrogen) atoms. The quantitative estimate of drug-likeness (QED) is 0.709. The van der Waals surface area contributed by atoms with Crippen molar-refractivity contribution >= 4 is 23.2 Å². The van der Waals surface area contributed by atoms with Crippen LogP contribution in [0.25, 0.3) is 0 Å². The Morgan fingerprint density at radius 3 is 2.38 bits per heavy atom. The topological polar surface area (TPSA) is 57.5 Å². The molecule has 0 heterocycles. The van der Waals surface area contributed by atoms with Crippen molar-refractivity contribution in [1.82, 2.24) is 0 Å². The Morgan fingerprint density at radius 2 is 2.00 bits per heavy atom. The Hall–Kier alpha value is -1.42. The average molecular weight is 196 g/mol. The molecule has 0 aliphatic rings. The molecule has 4 heteroatoms. The van der Waals surface area contributed by atoms with E-state index in [2.05, 4.69) is 12.2 Å². The number of hydrogen-bond acceptors (Lipinski definition) is 2. The molecule has 0 saturated heterocycles. The van der Waals surface area contributed by atoms with E-state index in [0.717, 1.165) is 0 Å². The molecular weight excluding hydrogens is 188 g/mol. The summed E-state index contributed by atoms with van der Waals surface area (Å²) in [7, 11) is 0. The first-order chi connectivity index (χ1) is 6.04. The van der Waals surface area contributed by atoms with Crippen LogP contribution in [-0.2, 0) is 0 Å². The lowest BCUT2D eigenvalue weighted by Gasteiger charge is -2.05. The number of benzene rings is 1. The zero-order chi connectivity index (χ0) is 10.0. The van der Waals surface area contributed by atoms with Gasteiger partial charge in [-0.1, -0.05) is 12.1 Å². The van der Waals surface area contributed by atoms with Gasteiger partial charge in [-0.3, -0.25) is 0 Å². The van der Waals surface area contributed by atoms with Crippen LogP contribution in [0.2, 0.25) is 0 Å². The summed E-state index contributed by atoms with van der Waals surface area (Å²) in [6.07, 6.45) is 0. The SMILES string of the molecule is Cc1cccc(C(O)=S)c1C(=O)O. The van der Waals surface area contributed by atoms with Gasteiger partial charge in [0.05, 0.1) is 5.56 Å². The minimum absolute atomic E-state index is 0.0648. The van der Waals surface area contributed by atoms with Gasteiger partial charge in [0.25, 0.3) is 0 Å². The van der Waals surface area contributed by atoms with Crippen LogP contribution >= 0.6 is 12.2 Å². The Balaban J connectivity index is 3.43. The molecule has 0 aliphatic heterocycles. The van der Waals surface area contributed by atoms with E-state index in [9.17, 15) is 4.79 Å². The van der Waals surface area contributed by atoms with Gasteiger partial charge in [0.1, 0.15) is 0 Å². The van der Waals surface area contributed by atoms with Crippen molar-refractivity contribution in [2.75, 3.05) is 0 Å². The fourth-order valence-electron chi connectivity index (χ4n) is 1.13. The molecule has 0 atom stereocenters. The van der Waals surface area contributed by atoms with E-state index in [1.165, 1.54) is 6.07 Å². The fraction of sp³-hybridized carbons (Fsp3) is 0.111. The number of carbonyl (C=O) groups is 1. The Morgan fingerprint density at radius 1 is 1.38 bits per heavy atom. The van der Waals surface area contributed by atoms with Crippen molar-refractivity contribution in [3.63, 3.8) is 0 Å². The van der Waals surface area contributed by atoms with Crippen LogP contribution in [-0.4, -0.2) is 21.2 Å². The highest BCUT2D eigenvalue weighted by molar-refractivity contribution is 7.80. The number of rotatable bonds is 2. The van der Waals surface area contributed by atoms with Crippen molar-refractivity contribution in [3.8, 4) is 0 Å². The Bertz CT molecular complexity index is 371. The van der Waals surface area contributed by atoms with Crippen LogP contribution in [0.15, 0.2) is 18.2 Å². The number of carboxylic acids is 1. The zero-order valence-corrected chi connectivity index (χ0v) is 7.76. The highest BCUT2D eigenvalue weighted by atomic mass is 32.1. The summed E-state index contributed by atoms with van der Waals surface area (Å²) in [4.78, 5) is 10.8. The first-order valence-electron chi connectivity index (χ1n) is 3.60. The number of aliphatic hydroxyl groups is 1. The van der Waals surface area contributed by atoms with Gasteiger partial charge in [-0.05, 0) is 30.8 Å². The van der Waals surface area contributed by atoms with Gasteiger partial charge in [0, 0.05) is 5.56 Å². The second-order valence-corrected chi connectivity index (χ2v) is 2.99. The summed E-state index contributed by atoms with van der Waals surface area (Å²) in [5.74, 6) is -1.08. The lowest BCUT2D eigenvalue weighted by molar-refractivity contribution is 0.0695. The summed E-state index contributed by atoms with van der Waals surface area (Å²) in [6.45, 7) is 1.66. The normalized spacial score (nSPS) is 9.62. The highest BCUT2D eigenvalue weighted by Gasteiger charge is 2.14. The van der Waals surface area contributed by atoms with Crippen molar-refractivity contribution in [1.29, 1.82) is 0 Å². The van der Waals surface area contributed by atoms with Gasteiger partial charge in [-0.15, -0.1) is 0 Å². The number of carboxylic acid groups (broad SMARTS) is 1. The standard InChI is InChI=1S/C9H8O3S/c1-5-3-2-4-6(9(12)13)7(5)8(10)11/h2-4H,1H3,(H,10,11)(H,12,13). The van der Waals surface area contributed by atoms with Gasteiger partial charge in [0.15, 0.2) is 5.05 Å². The third-order valence-corrected chi connectivity index (χ3v) is 1.94. The van der Waals surface area contributed by atoms with E-state index < -0.39 is 5.97 Å². The highest BCUT2D eigenvalue weighted by Crippen LogP contribution is 2.14. The van der Waals surface area contributed by atoms with Gasteiger partial charge in [-0.2, -0.15) is 0 Å². The predicted octanol–water partition coefficient (Wildman–Crippen LogP) is 1.93. The van der Waals surface area contributed by atoms with Gasteiger partial charge < -0.3 is 10.2 Å². The van der Waals surface area contributed by atoms with Crippen molar-refractivity contribution < 1.29 is 15.0 Å². The van der Waals surface area contributed by atoms with Crippen LogP contribution in [0.5, 0.6) is 0 Å². The van der Waals surface area contributed by atoms with E-state index in [1.807, 2.05) is 0 Å². The largest absolute Gasteiger partial charge is 0.499 e. The third kappa shape index (κ3) is 1.84. The van der Waals surface area contributed by atoms with Crippen molar-refractivity contribution in [2.24, 2.45) is 0 Å². The monoisotopic (exact) mass is 196 g/mol. The van der Waals surface area contributed by atoms with Gasteiger partial charge in [0.2, 0.25) is 0 Å². The molecule has 0 aromatic heterocycles. The second kappa shape index (κ2) is 3.53. The summed E-state index contributed by atoms with van der Waals surface area (Å²) in [5.41, 5.74) is 0.846. The summed E-state index contributed by atoms with van der Waals surface area (Å²) >= 11 is 4.52. The molecule has 2 N–H and O–H groups in total. The Labute approximate surface area is 80.6 Å². The number of hydrogen-bond donors (Lipinski definition) is 2. The van der Waals surface area contributed by atoms with Crippen molar-refractivity contribution in [2.45, 2.75) is 6.92 Å². The van der Waals surface area contributed by atoms with Crippen LogP contribution in [0.1, 0.15) is 21.5 Å². The molecule has 0 radical (unpaired) electrons. The number of thiocarbonyl (C=S) groups is 1. The zero-order valence-electron chi connectivity index (χ0n) is 6.94. The number of aryl methyl sites for hydroxylation is 1. The molecular formula is C9H8O3S. The first kappa shape index (κ1) is 9.67. The molecule has 0 amide bonds. The van der Waals surface area contributed by atoms with Crippen LogP contribution in [0.3, 0.4) is 0 Å². The lowest BCUT2D eigenvalue weighted by Crippen LogP contribution is -2.08. The summed E-state index contributed by atoms with van der Waals surface area (Å²) in [5, 5.41) is 17.5. The second-order valence-electron chi connectivity index (χ2n) is 2.61. The molecule has 0 saturated carbocycles. The van der Waals surface area contributed by atoms with Crippen LogP contribution in [0.4, 0.5) is 0 Å². The maximum absolute atomic E-state index is 10.8. The fourth-order valence-corrected chi connectivity index (χ4v) is 1.30. The molecule has 0 spiro atoms. The smallest absolute Gasteiger partial charge is 0.336 e. The first-order valence-corrected chi connectivity index (χ1v) is 4.01. The third-order valence-electron chi connectivity index (χ3n) is 1.72. The maximum Gasteiger partial charge on any atom is 0.336 e. The predicted molar refractivity (Wildman–Crippen MR) is 52.5 cm³/mol. The van der Waals surface area contributed by atoms with E-state index in [-0.39, 0.29) is 16.2 Å². The molecule has 0 aliphatic carbocycles. The lowest BCUT2D eigenvalue weighted by atomic mass is 10.0. The molecule has 0 bridgehead atoms. The van der Waals surface area contributed by atoms with E-state index in [0.29, 0.717) is 5.56 Å². The van der Waals surface area contributed by atoms with E-state index >= 15 is 0 Å². The Kier molecular flexibility index (Phi) is 2.63. The van der Waals surface area contributed by atoms with Crippen LogP contribution < -0.4 is 0 Å². The summed E-state index contributed by atoms with van der Waals surface area (Å²) < 4.78 is 0. The maximum atomic E-state index is 10.8. The molecule has 3 nitrogen and oxygen atoms in total. The molecule has 0 unspecified atom stereocenters. The average Bonchev–Trinajstić information content (AvgIpc) is 2.02. The number of aromatic carboxylic acids is 1. The van der Waals surface area contributed by atoms with E-state index in [1.54, 1.807) is 19.1 Å².